The molecule has 5 fully saturated rings. The van der Waals surface area contributed by atoms with E-state index in [1.807, 2.05) is 0 Å². The van der Waals surface area contributed by atoms with Gasteiger partial charge in [0.2, 0.25) is 0 Å². The van der Waals surface area contributed by atoms with E-state index < -0.39 is 0 Å². The van der Waals surface area contributed by atoms with Crippen LogP contribution in [0.2, 0.25) is 0 Å². The molecule has 150 valence electrons. The van der Waals surface area contributed by atoms with E-state index in [1.54, 1.807) is 0 Å². The zero-order valence-electron chi connectivity index (χ0n) is 15.6. The molecular formula is C20H29O6P. The van der Waals surface area contributed by atoms with Crippen molar-refractivity contribution >= 4 is 20.5 Å². The van der Waals surface area contributed by atoms with Crippen LogP contribution in [0.5, 0.6) is 0 Å². The normalized spacial score (nSPS) is 45.6. The molecule has 2 saturated carbocycles. The van der Waals surface area contributed by atoms with Crippen LogP contribution in [0.4, 0.5) is 0 Å². The van der Waals surface area contributed by atoms with Gasteiger partial charge in [0.25, 0.3) is 0 Å². The van der Waals surface area contributed by atoms with Crippen molar-refractivity contribution in [3.63, 3.8) is 0 Å². The summed E-state index contributed by atoms with van der Waals surface area (Å²) in [7, 11) is 0.469. The van der Waals surface area contributed by atoms with Crippen molar-refractivity contribution in [3.8, 4) is 0 Å². The molecular weight excluding hydrogens is 367 g/mol. The summed E-state index contributed by atoms with van der Waals surface area (Å²) in [6.07, 6.45) is 9.55. The third-order valence-corrected chi connectivity index (χ3v) is 8.59. The van der Waals surface area contributed by atoms with Crippen LogP contribution in [0.15, 0.2) is 0 Å². The number of epoxide rings is 2. The maximum Gasteiger partial charge on any atom is 0.313 e. The molecule has 9 atom stereocenters. The van der Waals surface area contributed by atoms with Gasteiger partial charge in [0.05, 0.1) is 49.2 Å². The molecule has 0 N–H and O–H groups in total. The lowest BCUT2D eigenvalue weighted by molar-refractivity contribution is -0.150. The molecule has 7 heteroatoms. The largest absolute Gasteiger partial charge is 0.465 e. The van der Waals surface area contributed by atoms with E-state index in [-0.39, 0.29) is 23.5 Å². The molecule has 9 unspecified atom stereocenters. The molecule has 0 aromatic rings. The SMILES string of the molecule is O=C(OCC1CCC2OC2C1)C1CPC(C(=O)OCC2CCC3OC3C2)C1. The molecule has 0 spiro atoms. The fraction of sp³-hybridized carbons (Fsp3) is 0.900. The number of rotatable bonds is 6. The van der Waals surface area contributed by atoms with Crippen molar-refractivity contribution in [2.75, 3.05) is 19.4 Å². The average Bonchev–Trinajstić information content (AvgIpc) is 3.58. The molecule has 3 heterocycles. The minimum atomic E-state index is -0.135. The monoisotopic (exact) mass is 396 g/mol. The number of hydrogen-bond donors (Lipinski definition) is 0. The molecule has 2 aliphatic carbocycles. The van der Waals surface area contributed by atoms with Gasteiger partial charge in [0.15, 0.2) is 0 Å². The van der Waals surface area contributed by atoms with Crippen LogP contribution in [0.25, 0.3) is 0 Å². The van der Waals surface area contributed by atoms with Gasteiger partial charge in [-0.3, -0.25) is 9.59 Å². The summed E-state index contributed by atoms with van der Waals surface area (Å²) in [5.41, 5.74) is -0.119. The van der Waals surface area contributed by atoms with Gasteiger partial charge in [0.1, 0.15) is 0 Å². The molecule has 0 amide bonds. The quantitative estimate of drug-likeness (QED) is 0.389. The van der Waals surface area contributed by atoms with E-state index in [2.05, 4.69) is 0 Å². The van der Waals surface area contributed by atoms with Crippen molar-refractivity contribution in [2.24, 2.45) is 17.8 Å². The lowest BCUT2D eigenvalue weighted by Gasteiger charge is -2.20. The molecule has 5 rings (SSSR count). The number of ether oxygens (including phenoxy) is 4. The zero-order chi connectivity index (χ0) is 18.4. The van der Waals surface area contributed by atoms with Crippen molar-refractivity contribution < 1.29 is 28.5 Å². The van der Waals surface area contributed by atoms with Crippen LogP contribution >= 0.6 is 8.58 Å². The first-order chi connectivity index (χ1) is 13.2. The Bertz CT molecular complexity index is 547. The van der Waals surface area contributed by atoms with E-state index >= 15 is 0 Å². The Kier molecular flexibility index (Phi) is 5.16. The summed E-state index contributed by atoms with van der Waals surface area (Å²) >= 11 is 0. The molecule has 0 bridgehead atoms. The summed E-state index contributed by atoms with van der Waals surface area (Å²) in [6.45, 7) is 1.01. The molecule has 3 saturated heterocycles. The van der Waals surface area contributed by atoms with Gasteiger partial charge in [-0.05, 0) is 62.9 Å². The van der Waals surface area contributed by atoms with E-state index in [0.717, 1.165) is 44.7 Å². The Morgan fingerprint density at radius 2 is 1.37 bits per heavy atom. The van der Waals surface area contributed by atoms with Crippen molar-refractivity contribution in [1.29, 1.82) is 0 Å². The van der Waals surface area contributed by atoms with E-state index in [4.69, 9.17) is 18.9 Å². The number of hydrogen-bond acceptors (Lipinski definition) is 6. The van der Waals surface area contributed by atoms with E-state index in [9.17, 15) is 9.59 Å². The van der Waals surface area contributed by atoms with Gasteiger partial charge >= 0.3 is 11.9 Å². The molecule has 6 nitrogen and oxygen atoms in total. The number of esters is 2. The maximum absolute atomic E-state index is 12.4. The fourth-order valence-electron chi connectivity index (χ4n) is 4.99. The first kappa shape index (κ1) is 18.3. The van der Waals surface area contributed by atoms with Gasteiger partial charge in [-0.25, -0.2) is 0 Å². The van der Waals surface area contributed by atoms with Gasteiger partial charge in [-0.15, -0.1) is 8.58 Å². The highest BCUT2D eigenvalue weighted by atomic mass is 31.1. The summed E-state index contributed by atoms with van der Waals surface area (Å²) in [6, 6.07) is 0. The van der Waals surface area contributed by atoms with Gasteiger partial charge < -0.3 is 18.9 Å². The highest BCUT2D eigenvalue weighted by Crippen LogP contribution is 2.42. The molecule has 0 aromatic heterocycles. The van der Waals surface area contributed by atoms with Crippen molar-refractivity contribution in [3.05, 3.63) is 0 Å². The summed E-state index contributed by atoms with van der Waals surface area (Å²) < 4.78 is 22.2. The second-order valence-corrected chi connectivity index (χ2v) is 10.5. The molecule has 27 heavy (non-hydrogen) atoms. The van der Waals surface area contributed by atoms with Crippen LogP contribution in [0.1, 0.15) is 44.9 Å². The van der Waals surface area contributed by atoms with Crippen molar-refractivity contribution in [2.45, 2.75) is 75.0 Å². The van der Waals surface area contributed by atoms with Crippen LogP contribution in [0.3, 0.4) is 0 Å². The van der Waals surface area contributed by atoms with Crippen LogP contribution in [0, 0.1) is 17.8 Å². The van der Waals surface area contributed by atoms with E-state index in [1.165, 1.54) is 0 Å². The first-order valence-corrected chi connectivity index (χ1v) is 11.8. The number of carbonyl (C=O) groups is 2. The summed E-state index contributed by atoms with van der Waals surface area (Å²) in [5.74, 6) is 0.499. The second kappa shape index (κ2) is 7.61. The molecule has 3 aliphatic heterocycles. The third-order valence-electron chi connectivity index (χ3n) is 6.90. The standard InChI is InChI=1S/C20H29O6P/c21-19(23-8-11-1-3-14-16(5-11)25-14)13-7-18(27-10-13)20(22)24-9-12-2-4-15-17(6-12)26-15/h11-18,27H,1-10H2. The molecule has 5 aliphatic rings. The molecule has 0 radical (unpaired) electrons. The van der Waals surface area contributed by atoms with E-state index in [0.29, 0.717) is 64.5 Å². The van der Waals surface area contributed by atoms with Crippen molar-refractivity contribution in [1.82, 2.24) is 0 Å². The van der Waals surface area contributed by atoms with Crippen LogP contribution < -0.4 is 0 Å². The van der Waals surface area contributed by atoms with Gasteiger partial charge in [-0.1, -0.05) is 0 Å². The predicted octanol–water partition coefficient (Wildman–Crippen LogP) is 2.27. The Hall–Kier alpha value is -0.710. The minimum absolute atomic E-state index is 0.119. The highest BCUT2D eigenvalue weighted by Gasteiger charge is 2.45. The number of carbonyl (C=O) groups excluding carboxylic acids is 2. The summed E-state index contributed by atoms with van der Waals surface area (Å²) in [4.78, 5) is 24.8. The molecule has 0 aromatic carbocycles. The van der Waals surface area contributed by atoms with Crippen LogP contribution in [-0.4, -0.2) is 61.4 Å². The Labute approximate surface area is 161 Å². The highest BCUT2D eigenvalue weighted by molar-refractivity contribution is 7.40. The van der Waals surface area contributed by atoms with Crippen LogP contribution in [-0.2, 0) is 28.5 Å². The summed E-state index contributed by atoms with van der Waals surface area (Å²) in [5, 5.41) is 0. The minimum Gasteiger partial charge on any atom is -0.465 e. The zero-order valence-corrected chi connectivity index (χ0v) is 16.6. The second-order valence-electron chi connectivity index (χ2n) is 8.94. The Balaban J connectivity index is 1.01. The topological polar surface area (TPSA) is 77.7 Å². The maximum atomic E-state index is 12.4. The fourth-order valence-corrected chi connectivity index (χ4v) is 6.59. The van der Waals surface area contributed by atoms with Gasteiger partial charge in [-0.2, -0.15) is 0 Å². The lowest BCUT2D eigenvalue weighted by Crippen LogP contribution is -2.26. The van der Waals surface area contributed by atoms with Gasteiger partial charge in [0, 0.05) is 0 Å². The lowest BCUT2D eigenvalue weighted by atomic mass is 9.90. The smallest absolute Gasteiger partial charge is 0.313 e. The third kappa shape index (κ3) is 4.33. The Morgan fingerprint density at radius 1 is 0.778 bits per heavy atom. The Morgan fingerprint density at radius 3 is 1.96 bits per heavy atom. The first-order valence-electron chi connectivity index (χ1n) is 10.5. The number of fused-ring (bicyclic) bond motifs is 2. The average molecular weight is 396 g/mol. The predicted molar refractivity (Wildman–Crippen MR) is 99.0 cm³/mol.